The Labute approximate surface area is 437 Å². The number of aromatic nitrogens is 3. The van der Waals surface area contributed by atoms with E-state index in [0.29, 0.717) is 11.4 Å². The molecule has 3 aromatic heterocycles. The predicted molar refractivity (Wildman–Crippen MR) is 299 cm³/mol. The van der Waals surface area contributed by atoms with E-state index in [4.69, 9.17) is 4.98 Å². The Morgan fingerprint density at radius 3 is 1.01 bits per heavy atom. The number of hydrogen-bond acceptors (Lipinski definition) is 3. The Kier molecular flexibility index (Phi) is 12.8. The molecule has 9 aromatic carbocycles. The molecule has 0 fully saturated rings. The van der Waals surface area contributed by atoms with Crippen LogP contribution in [0.4, 0.5) is 17.6 Å². The van der Waals surface area contributed by atoms with Crippen LogP contribution in [-0.2, 0) is 0 Å². The highest BCUT2D eigenvalue weighted by molar-refractivity contribution is 5.97. The van der Waals surface area contributed by atoms with Crippen molar-refractivity contribution in [1.82, 2.24) is 15.0 Å². The molecule has 0 bridgehead atoms. The van der Waals surface area contributed by atoms with Crippen molar-refractivity contribution in [2.45, 2.75) is 0 Å². The third kappa shape index (κ3) is 9.49. The lowest BCUT2D eigenvalue weighted by Crippen LogP contribution is -1.95. The second-order valence-electron chi connectivity index (χ2n) is 18.5. The fourth-order valence-electron chi connectivity index (χ4n) is 10.0. The molecular formula is C69H43F4N3. The van der Waals surface area contributed by atoms with Crippen LogP contribution in [0, 0.1) is 23.3 Å². The molecule has 76 heavy (non-hydrogen) atoms. The Hall–Kier alpha value is -9.85. The maximum Gasteiger partial charge on any atom is 0.135 e. The monoisotopic (exact) mass is 989 g/mol. The second-order valence-corrected chi connectivity index (χ2v) is 18.5. The summed E-state index contributed by atoms with van der Waals surface area (Å²) < 4.78 is 57.6. The zero-order valence-electron chi connectivity index (χ0n) is 40.7. The Morgan fingerprint density at radius 1 is 0.197 bits per heavy atom. The molecule has 362 valence electrons. The molecule has 0 spiro atoms. The summed E-state index contributed by atoms with van der Waals surface area (Å²) in [5.74, 6) is -2.68. The van der Waals surface area contributed by atoms with E-state index in [0.717, 1.165) is 112 Å². The van der Waals surface area contributed by atoms with Crippen molar-refractivity contribution in [3.63, 3.8) is 0 Å². The second kappa shape index (κ2) is 20.6. The first-order valence-electron chi connectivity index (χ1n) is 24.8. The highest BCUT2D eigenvalue weighted by Gasteiger charge is 2.20. The normalized spacial score (nSPS) is 11.2. The minimum absolute atomic E-state index is 0.209. The molecule has 0 radical (unpaired) electrons. The lowest BCUT2D eigenvalue weighted by Gasteiger charge is -2.19. The molecule has 7 heteroatoms. The number of benzene rings is 9. The standard InChI is InChI=1S/C69H43F4N3/c70-53-29-31-61(65(72)38-53)67-33-27-48(41-74-67)55-17-7-9-19-57(55)50-35-51(58-20-10-8-18-56(58)49-28-34-68(75-42-49)62-32-30-54(71)39-66(62)73)37-52(36-50)59-21-11-12-22-60(59)64-43-76-69(47-15-5-2-6-16-47)40-63(64)46-25-23-45(24-26-46)44-13-3-1-4-14-44/h1-43H. The van der Waals surface area contributed by atoms with Crippen molar-refractivity contribution in [1.29, 1.82) is 0 Å². The highest BCUT2D eigenvalue weighted by Crippen LogP contribution is 2.45. The third-order valence-corrected chi connectivity index (χ3v) is 13.8. The first-order valence-corrected chi connectivity index (χ1v) is 24.8. The van der Waals surface area contributed by atoms with Crippen LogP contribution < -0.4 is 0 Å². The molecule has 12 aromatic rings. The van der Waals surface area contributed by atoms with Gasteiger partial charge in [-0.25, -0.2) is 17.6 Å². The SMILES string of the molecule is Fc1ccc(-c2ccc(-c3ccccc3-c3cc(-c4ccccc4-c4ccc(-c5ccc(F)cc5F)nc4)cc(-c4ccccc4-c4cnc(-c5ccccc5)cc4-c4ccc(-c5ccccc5)cc4)c3)cn2)c(F)c1. The third-order valence-electron chi connectivity index (χ3n) is 13.8. The van der Waals surface area contributed by atoms with Gasteiger partial charge in [0, 0.05) is 64.1 Å². The topological polar surface area (TPSA) is 38.7 Å². The van der Waals surface area contributed by atoms with Crippen LogP contribution in [0.15, 0.2) is 261 Å². The Morgan fingerprint density at radius 2 is 0.566 bits per heavy atom. The molecule has 0 unspecified atom stereocenters. The van der Waals surface area contributed by atoms with Crippen molar-refractivity contribution in [3.8, 4) is 123 Å². The molecule has 0 amide bonds. The van der Waals surface area contributed by atoms with Gasteiger partial charge in [0.1, 0.15) is 23.3 Å². The van der Waals surface area contributed by atoms with E-state index >= 15 is 0 Å². The van der Waals surface area contributed by atoms with Gasteiger partial charge >= 0.3 is 0 Å². The van der Waals surface area contributed by atoms with Crippen LogP contribution in [0.1, 0.15) is 0 Å². The molecule has 0 saturated heterocycles. The average Bonchev–Trinajstić information content (AvgIpc) is 3.49. The average molecular weight is 990 g/mol. The van der Waals surface area contributed by atoms with Gasteiger partial charge in [0.05, 0.1) is 17.1 Å². The smallest absolute Gasteiger partial charge is 0.135 e. The number of hydrogen-bond donors (Lipinski definition) is 0. The summed E-state index contributed by atoms with van der Waals surface area (Å²) >= 11 is 0. The van der Waals surface area contributed by atoms with E-state index in [2.05, 4.69) is 119 Å². The first kappa shape index (κ1) is 47.2. The van der Waals surface area contributed by atoms with Crippen LogP contribution in [0.2, 0.25) is 0 Å². The minimum atomic E-state index is -0.685. The molecule has 0 aliphatic heterocycles. The quantitative estimate of drug-likeness (QED) is 0.121. The molecule has 0 aliphatic carbocycles. The number of nitrogens with zero attached hydrogens (tertiary/aromatic N) is 3. The highest BCUT2D eigenvalue weighted by atomic mass is 19.1. The van der Waals surface area contributed by atoms with Gasteiger partial charge in [-0.15, -0.1) is 0 Å². The first-order chi connectivity index (χ1) is 37.3. The van der Waals surface area contributed by atoms with Gasteiger partial charge in [-0.2, -0.15) is 0 Å². The van der Waals surface area contributed by atoms with Crippen LogP contribution in [-0.4, -0.2) is 15.0 Å². The largest absolute Gasteiger partial charge is 0.256 e. The molecular weight excluding hydrogens is 947 g/mol. The van der Waals surface area contributed by atoms with Crippen LogP contribution in [0.25, 0.3) is 123 Å². The van der Waals surface area contributed by atoms with Crippen molar-refractivity contribution in [3.05, 3.63) is 285 Å². The summed E-state index contributed by atoms with van der Waals surface area (Å²) in [5, 5.41) is 0. The van der Waals surface area contributed by atoms with Gasteiger partial charge in [-0.1, -0.05) is 170 Å². The summed E-state index contributed by atoms with van der Waals surface area (Å²) in [6.07, 6.45) is 5.43. The van der Waals surface area contributed by atoms with E-state index in [9.17, 15) is 17.6 Å². The maximum absolute atomic E-state index is 14.9. The zero-order chi connectivity index (χ0) is 51.5. The summed E-state index contributed by atoms with van der Waals surface area (Å²) in [5.41, 5.74) is 18.4. The van der Waals surface area contributed by atoms with E-state index in [1.54, 1.807) is 24.5 Å². The van der Waals surface area contributed by atoms with Crippen LogP contribution >= 0.6 is 0 Å². The molecule has 0 aliphatic rings. The maximum atomic E-state index is 14.9. The van der Waals surface area contributed by atoms with Crippen LogP contribution in [0.3, 0.4) is 0 Å². The molecule has 0 saturated carbocycles. The van der Waals surface area contributed by atoms with Gasteiger partial charge in [-0.05, 0) is 133 Å². The minimum Gasteiger partial charge on any atom is -0.256 e. The summed E-state index contributed by atoms with van der Waals surface area (Å²) in [6, 6.07) is 77.0. The fourth-order valence-corrected chi connectivity index (χ4v) is 10.0. The van der Waals surface area contributed by atoms with Gasteiger partial charge in [0.2, 0.25) is 0 Å². The molecule has 3 nitrogen and oxygen atoms in total. The summed E-state index contributed by atoms with van der Waals surface area (Å²) in [6.45, 7) is 0. The Bertz CT molecular complexity index is 3910. The summed E-state index contributed by atoms with van der Waals surface area (Å²) in [7, 11) is 0. The van der Waals surface area contributed by atoms with E-state index < -0.39 is 23.3 Å². The van der Waals surface area contributed by atoms with E-state index in [1.165, 1.54) is 24.3 Å². The lowest BCUT2D eigenvalue weighted by molar-refractivity contribution is 0.584. The number of pyridine rings is 3. The summed E-state index contributed by atoms with van der Waals surface area (Å²) in [4.78, 5) is 14.5. The number of halogens is 4. The van der Waals surface area contributed by atoms with Crippen molar-refractivity contribution in [2.75, 3.05) is 0 Å². The Balaban J connectivity index is 1.03. The predicted octanol–water partition coefficient (Wildman–Crippen LogP) is 18.8. The van der Waals surface area contributed by atoms with Gasteiger partial charge in [-0.3, -0.25) is 15.0 Å². The number of rotatable bonds is 11. The van der Waals surface area contributed by atoms with Gasteiger partial charge < -0.3 is 0 Å². The van der Waals surface area contributed by atoms with E-state index in [1.807, 2.05) is 91.1 Å². The van der Waals surface area contributed by atoms with E-state index in [-0.39, 0.29) is 11.1 Å². The van der Waals surface area contributed by atoms with Gasteiger partial charge in [0.25, 0.3) is 0 Å². The lowest BCUT2D eigenvalue weighted by atomic mass is 9.85. The molecule has 12 rings (SSSR count). The molecule has 0 atom stereocenters. The molecule has 0 N–H and O–H groups in total. The van der Waals surface area contributed by atoms with Crippen molar-refractivity contribution in [2.24, 2.45) is 0 Å². The zero-order valence-corrected chi connectivity index (χ0v) is 40.7. The van der Waals surface area contributed by atoms with Gasteiger partial charge in [0.15, 0.2) is 0 Å². The van der Waals surface area contributed by atoms with Crippen LogP contribution in [0.5, 0.6) is 0 Å². The molecule has 3 heterocycles. The fraction of sp³-hybridized carbons (Fsp3) is 0. The van der Waals surface area contributed by atoms with Crippen molar-refractivity contribution >= 4 is 0 Å². The van der Waals surface area contributed by atoms with Crippen molar-refractivity contribution < 1.29 is 17.6 Å².